The fourth-order valence-electron chi connectivity index (χ4n) is 1.62. The number of nitrogens with two attached hydrogens (primary N) is 1. The lowest BCUT2D eigenvalue weighted by molar-refractivity contribution is 0.0901. The maximum absolute atomic E-state index is 12.1. The van der Waals surface area contributed by atoms with E-state index in [4.69, 9.17) is 5.73 Å². The summed E-state index contributed by atoms with van der Waals surface area (Å²) in [6.45, 7) is 3.80. The summed E-state index contributed by atoms with van der Waals surface area (Å²) in [5.74, 6) is 0.129. The number of carbonyl (C=O) groups is 1. The number of nitrogen functional groups attached to an aromatic ring is 1. The SMILES string of the molecule is CC(C)[C@@H](CO)NC(=O)c1sc(NC2CC2)nc1N. The van der Waals surface area contributed by atoms with Gasteiger partial charge in [0.05, 0.1) is 12.6 Å². The predicted octanol–water partition coefficient (Wildman–Crippen LogP) is 1.05. The molecule has 1 amide bonds. The number of amides is 1. The first kappa shape index (κ1) is 14.1. The number of nitrogens with zero attached hydrogens (tertiary/aromatic N) is 1. The number of thiazole rings is 1. The average molecular weight is 284 g/mol. The molecule has 1 aromatic rings. The molecular formula is C12H20N4O2S. The van der Waals surface area contributed by atoms with Crippen LogP contribution in [0.4, 0.5) is 10.9 Å². The Balaban J connectivity index is 2.03. The Hall–Kier alpha value is -1.34. The first-order chi connectivity index (χ1) is 9.01. The van der Waals surface area contributed by atoms with Crippen molar-refractivity contribution in [2.75, 3.05) is 17.7 Å². The molecule has 6 nitrogen and oxygen atoms in total. The van der Waals surface area contributed by atoms with Gasteiger partial charge in [-0.25, -0.2) is 4.98 Å². The number of hydrogen-bond donors (Lipinski definition) is 4. The number of aliphatic hydroxyl groups is 1. The highest BCUT2D eigenvalue weighted by Crippen LogP contribution is 2.30. The molecule has 0 spiro atoms. The Labute approximate surface area is 116 Å². The molecule has 1 heterocycles. The Morgan fingerprint density at radius 2 is 2.26 bits per heavy atom. The summed E-state index contributed by atoms with van der Waals surface area (Å²) in [6.07, 6.45) is 2.28. The number of aromatic nitrogens is 1. The van der Waals surface area contributed by atoms with Gasteiger partial charge in [0.15, 0.2) is 5.13 Å². The average Bonchev–Trinajstić information content (AvgIpc) is 3.08. The van der Waals surface area contributed by atoms with Gasteiger partial charge in [-0.1, -0.05) is 25.2 Å². The summed E-state index contributed by atoms with van der Waals surface area (Å²) < 4.78 is 0. The zero-order chi connectivity index (χ0) is 14.0. The summed E-state index contributed by atoms with van der Waals surface area (Å²) in [5.41, 5.74) is 5.77. The summed E-state index contributed by atoms with van der Waals surface area (Å²) in [5, 5.41) is 15.9. The molecule has 2 rings (SSSR count). The Morgan fingerprint density at radius 3 is 2.79 bits per heavy atom. The molecule has 19 heavy (non-hydrogen) atoms. The van der Waals surface area contributed by atoms with Gasteiger partial charge >= 0.3 is 0 Å². The van der Waals surface area contributed by atoms with Crippen molar-refractivity contribution in [2.24, 2.45) is 5.92 Å². The van der Waals surface area contributed by atoms with Crippen LogP contribution in [0.1, 0.15) is 36.4 Å². The van der Waals surface area contributed by atoms with Crippen molar-refractivity contribution in [3.63, 3.8) is 0 Å². The highest BCUT2D eigenvalue weighted by atomic mass is 32.1. The van der Waals surface area contributed by atoms with Gasteiger partial charge in [-0.15, -0.1) is 0 Å². The van der Waals surface area contributed by atoms with Crippen molar-refractivity contribution in [1.29, 1.82) is 0 Å². The van der Waals surface area contributed by atoms with E-state index in [1.54, 1.807) is 0 Å². The minimum Gasteiger partial charge on any atom is -0.394 e. The van der Waals surface area contributed by atoms with Crippen LogP contribution < -0.4 is 16.4 Å². The third-order valence-corrected chi connectivity index (χ3v) is 4.08. The lowest BCUT2D eigenvalue weighted by Crippen LogP contribution is -2.41. The second-order valence-corrected chi connectivity index (χ2v) is 6.16. The minimum absolute atomic E-state index is 0.0880. The lowest BCUT2D eigenvalue weighted by atomic mass is 10.1. The molecule has 0 saturated heterocycles. The van der Waals surface area contributed by atoms with Gasteiger partial charge in [-0.3, -0.25) is 4.79 Å². The van der Waals surface area contributed by atoms with Crippen molar-refractivity contribution < 1.29 is 9.90 Å². The zero-order valence-electron chi connectivity index (χ0n) is 11.1. The maximum atomic E-state index is 12.1. The molecule has 1 aromatic heterocycles. The van der Waals surface area contributed by atoms with Crippen molar-refractivity contribution in [1.82, 2.24) is 10.3 Å². The van der Waals surface area contributed by atoms with Gasteiger partial charge in [0.2, 0.25) is 0 Å². The smallest absolute Gasteiger partial charge is 0.265 e. The first-order valence-electron chi connectivity index (χ1n) is 6.45. The van der Waals surface area contributed by atoms with Crippen molar-refractivity contribution >= 4 is 28.2 Å². The molecule has 0 bridgehead atoms. The van der Waals surface area contributed by atoms with E-state index in [1.807, 2.05) is 13.8 Å². The molecule has 1 fully saturated rings. The Morgan fingerprint density at radius 1 is 1.58 bits per heavy atom. The van der Waals surface area contributed by atoms with Crippen LogP contribution >= 0.6 is 11.3 Å². The number of nitrogens with one attached hydrogen (secondary N) is 2. The summed E-state index contributed by atoms with van der Waals surface area (Å²) in [4.78, 5) is 16.7. The fourth-order valence-corrected chi connectivity index (χ4v) is 2.48. The Bertz CT molecular complexity index is 457. The third kappa shape index (κ3) is 3.57. The molecule has 0 radical (unpaired) electrons. The van der Waals surface area contributed by atoms with E-state index in [-0.39, 0.29) is 30.3 Å². The van der Waals surface area contributed by atoms with Crippen LogP contribution in [-0.4, -0.2) is 34.7 Å². The lowest BCUT2D eigenvalue weighted by Gasteiger charge is -2.19. The van der Waals surface area contributed by atoms with E-state index < -0.39 is 0 Å². The third-order valence-electron chi connectivity index (χ3n) is 3.08. The first-order valence-corrected chi connectivity index (χ1v) is 7.27. The molecule has 5 N–H and O–H groups in total. The van der Waals surface area contributed by atoms with Crippen LogP contribution in [0.15, 0.2) is 0 Å². The van der Waals surface area contributed by atoms with Crippen molar-refractivity contribution in [3.05, 3.63) is 4.88 Å². The molecule has 0 aromatic carbocycles. The molecular weight excluding hydrogens is 264 g/mol. The van der Waals surface area contributed by atoms with E-state index in [9.17, 15) is 9.90 Å². The van der Waals surface area contributed by atoms with Crippen LogP contribution in [0.25, 0.3) is 0 Å². The van der Waals surface area contributed by atoms with E-state index >= 15 is 0 Å². The molecule has 1 saturated carbocycles. The molecule has 0 unspecified atom stereocenters. The standard InChI is InChI=1S/C12H20N4O2S/c1-6(2)8(5-17)15-11(18)9-10(13)16-12(19-9)14-7-3-4-7/h6-8,17H,3-5,13H2,1-2H3,(H,14,16)(H,15,18)/t8-/m1/s1. The molecule has 0 aliphatic heterocycles. The van der Waals surface area contributed by atoms with Crippen LogP contribution in [0.3, 0.4) is 0 Å². The second-order valence-electron chi connectivity index (χ2n) is 5.16. The van der Waals surface area contributed by atoms with Gasteiger partial charge in [0.25, 0.3) is 5.91 Å². The second kappa shape index (κ2) is 5.75. The summed E-state index contributed by atoms with van der Waals surface area (Å²) in [6, 6.07) is 0.205. The van der Waals surface area contributed by atoms with E-state index in [1.165, 1.54) is 11.3 Å². The van der Waals surface area contributed by atoms with Crippen LogP contribution in [-0.2, 0) is 0 Å². The largest absolute Gasteiger partial charge is 0.394 e. The normalized spacial score (nSPS) is 16.4. The molecule has 106 valence electrons. The highest BCUT2D eigenvalue weighted by Gasteiger charge is 2.25. The molecule has 1 atom stereocenters. The minimum atomic E-state index is -0.272. The highest BCUT2D eigenvalue weighted by molar-refractivity contribution is 7.18. The van der Waals surface area contributed by atoms with E-state index in [0.29, 0.717) is 16.1 Å². The van der Waals surface area contributed by atoms with E-state index in [2.05, 4.69) is 15.6 Å². The molecule has 7 heteroatoms. The fraction of sp³-hybridized carbons (Fsp3) is 0.667. The number of aliphatic hydroxyl groups excluding tert-OH is 1. The monoisotopic (exact) mass is 284 g/mol. The quantitative estimate of drug-likeness (QED) is 0.625. The van der Waals surface area contributed by atoms with Gasteiger partial charge in [-0.2, -0.15) is 0 Å². The van der Waals surface area contributed by atoms with Gasteiger partial charge < -0.3 is 21.5 Å². The molecule has 1 aliphatic rings. The number of rotatable bonds is 6. The van der Waals surface area contributed by atoms with Crippen molar-refractivity contribution in [3.8, 4) is 0 Å². The number of anilines is 2. The predicted molar refractivity (Wildman–Crippen MR) is 76.3 cm³/mol. The van der Waals surface area contributed by atoms with Gasteiger partial charge in [0, 0.05) is 6.04 Å². The van der Waals surface area contributed by atoms with Crippen LogP contribution in [0, 0.1) is 5.92 Å². The van der Waals surface area contributed by atoms with Crippen LogP contribution in [0.2, 0.25) is 0 Å². The van der Waals surface area contributed by atoms with Gasteiger partial charge in [-0.05, 0) is 18.8 Å². The molecule has 1 aliphatic carbocycles. The maximum Gasteiger partial charge on any atom is 0.265 e. The number of carbonyl (C=O) groups excluding carboxylic acids is 1. The Kier molecular flexibility index (Phi) is 4.26. The number of hydrogen-bond acceptors (Lipinski definition) is 6. The summed E-state index contributed by atoms with van der Waals surface area (Å²) in [7, 11) is 0. The van der Waals surface area contributed by atoms with Crippen LogP contribution in [0.5, 0.6) is 0 Å². The van der Waals surface area contributed by atoms with Gasteiger partial charge in [0.1, 0.15) is 10.7 Å². The topological polar surface area (TPSA) is 100 Å². The van der Waals surface area contributed by atoms with E-state index in [0.717, 1.165) is 12.8 Å². The zero-order valence-corrected chi connectivity index (χ0v) is 12.0. The van der Waals surface area contributed by atoms with Crippen molar-refractivity contribution in [2.45, 2.75) is 38.8 Å². The summed E-state index contributed by atoms with van der Waals surface area (Å²) >= 11 is 1.26.